The number of nitrogens with one attached hydrogen (secondary N) is 2. The summed E-state index contributed by atoms with van der Waals surface area (Å²) in [5, 5.41) is 4.41. The monoisotopic (exact) mass is 411 g/mol. The molecule has 4 aromatic rings. The van der Waals surface area contributed by atoms with E-state index in [9.17, 15) is 22.8 Å². The highest BCUT2D eigenvalue weighted by Crippen LogP contribution is 2.25. The molecule has 150 valence electrons. The number of oxazole rings is 1. The van der Waals surface area contributed by atoms with Gasteiger partial charge in [-0.2, -0.15) is 0 Å². The fourth-order valence-corrected chi connectivity index (χ4v) is 2.85. The number of nitrogens with zero attached hydrogens (tertiary/aromatic N) is 1. The van der Waals surface area contributed by atoms with Gasteiger partial charge < -0.3 is 15.1 Å². The Bertz CT molecular complexity index is 1290. The third-order valence-electron chi connectivity index (χ3n) is 4.21. The summed E-state index contributed by atoms with van der Waals surface area (Å²) in [5.41, 5.74) is -0.143. The molecule has 1 aromatic heterocycles. The minimum Gasteiger partial charge on any atom is -0.443 e. The zero-order valence-electron chi connectivity index (χ0n) is 15.1. The Morgan fingerprint density at radius 2 is 1.73 bits per heavy atom. The number of rotatable bonds is 4. The second-order valence-electron chi connectivity index (χ2n) is 6.27. The topological polar surface area (TPSA) is 84.2 Å². The first-order valence-corrected chi connectivity index (χ1v) is 8.61. The van der Waals surface area contributed by atoms with Crippen molar-refractivity contribution in [2.75, 3.05) is 10.6 Å². The Morgan fingerprint density at radius 3 is 2.53 bits per heavy atom. The van der Waals surface area contributed by atoms with Gasteiger partial charge in [-0.25, -0.2) is 22.9 Å². The minimum absolute atomic E-state index is 0.0545. The third-order valence-corrected chi connectivity index (χ3v) is 4.21. The van der Waals surface area contributed by atoms with Crippen LogP contribution in [0.1, 0.15) is 15.9 Å². The van der Waals surface area contributed by atoms with Crippen molar-refractivity contribution < 1.29 is 27.2 Å². The molecule has 4 rings (SSSR count). The van der Waals surface area contributed by atoms with Crippen LogP contribution in [0.4, 0.5) is 29.3 Å². The second-order valence-corrected chi connectivity index (χ2v) is 6.27. The number of halogens is 3. The van der Waals surface area contributed by atoms with Gasteiger partial charge in [-0.15, -0.1) is 0 Å². The van der Waals surface area contributed by atoms with Gasteiger partial charge in [0.15, 0.2) is 23.6 Å². The lowest BCUT2D eigenvalue weighted by Gasteiger charge is -2.11. The maximum absolute atomic E-state index is 14.9. The number of carbonyl (C=O) groups is 2. The lowest BCUT2D eigenvalue weighted by molar-refractivity contribution is 0.103. The molecular formula is C21H12F3N3O3. The van der Waals surface area contributed by atoms with E-state index < -0.39 is 40.5 Å². The largest absolute Gasteiger partial charge is 0.443 e. The van der Waals surface area contributed by atoms with E-state index in [1.165, 1.54) is 42.8 Å². The van der Waals surface area contributed by atoms with Gasteiger partial charge in [0, 0.05) is 17.3 Å². The molecule has 0 unspecified atom stereocenters. The van der Waals surface area contributed by atoms with E-state index in [4.69, 9.17) is 4.42 Å². The average Bonchev–Trinajstić information content (AvgIpc) is 3.17. The highest BCUT2D eigenvalue weighted by molar-refractivity contribution is 6.11. The number of urea groups is 1. The summed E-state index contributed by atoms with van der Waals surface area (Å²) >= 11 is 0. The molecule has 2 N–H and O–H groups in total. The van der Waals surface area contributed by atoms with Crippen molar-refractivity contribution in [3.8, 4) is 0 Å². The summed E-state index contributed by atoms with van der Waals surface area (Å²) in [4.78, 5) is 28.7. The summed E-state index contributed by atoms with van der Waals surface area (Å²) in [6.07, 6.45) is 1.20. The maximum Gasteiger partial charge on any atom is 0.323 e. The van der Waals surface area contributed by atoms with Crippen LogP contribution in [0.3, 0.4) is 0 Å². The quantitative estimate of drug-likeness (QED) is 0.457. The summed E-state index contributed by atoms with van der Waals surface area (Å²) in [5.74, 6) is -3.43. The standard InChI is InChI=1S/C21H12F3N3O3/c22-12-2-1-3-14(7-12)26-21(29)27-17-9-13(23)8-15(19(17)24)20(28)11-4-5-16-18(6-11)30-10-25-16/h1-10H,(H2,26,27,29). The van der Waals surface area contributed by atoms with Crippen molar-refractivity contribution in [1.29, 1.82) is 0 Å². The lowest BCUT2D eigenvalue weighted by Crippen LogP contribution is -2.21. The van der Waals surface area contributed by atoms with Crippen LogP contribution in [0.5, 0.6) is 0 Å². The van der Waals surface area contributed by atoms with Gasteiger partial charge in [-0.1, -0.05) is 6.07 Å². The van der Waals surface area contributed by atoms with E-state index >= 15 is 0 Å². The Morgan fingerprint density at radius 1 is 0.900 bits per heavy atom. The van der Waals surface area contributed by atoms with Gasteiger partial charge in [0.05, 0.1) is 11.3 Å². The van der Waals surface area contributed by atoms with Crippen LogP contribution in [0, 0.1) is 17.5 Å². The fraction of sp³-hybridized carbons (Fsp3) is 0. The molecule has 0 aliphatic carbocycles. The van der Waals surface area contributed by atoms with E-state index in [1.54, 1.807) is 0 Å². The molecule has 0 fully saturated rings. The summed E-state index contributed by atoms with van der Waals surface area (Å²) in [7, 11) is 0. The predicted octanol–water partition coefficient (Wildman–Crippen LogP) is 5.12. The first-order chi connectivity index (χ1) is 14.4. The zero-order valence-corrected chi connectivity index (χ0v) is 15.1. The normalized spacial score (nSPS) is 10.8. The molecular weight excluding hydrogens is 399 g/mol. The molecule has 0 atom stereocenters. The van der Waals surface area contributed by atoms with Crippen molar-refractivity contribution in [3.05, 3.63) is 89.6 Å². The van der Waals surface area contributed by atoms with Crippen LogP contribution in [0.2, 0.25) is 0 Å². The fourth-order valence-electron chi connectivity index (χ4n) is 2.85. The molecule has 0 aliphatic heterocycles. The van der Waals surface area contributed by atoms with Crippen molar-refractivity contribution >= 4 is 34.3 Å². The third kappa shape index (κ3) is 3.86. The number of hydrogen-bond donors (Lipinski definition) is 2. The zero-order chi connectivity index (χ0) is 21.3. The molecule has 9 heteroatoms. The first kappa shape index (κ1) is 19.2. The molecule has 0 saturated heterocycles. The molecule has 0 radical (unpaired) electrons. The van der Waals surface area contributed by atoms with Crippen LogP contribution in [0.15, 0.2) is 65.4 Å². The first-order valence-electron chi connectivity index (χ1n) is 8.61. The van der Waals surface area contributed by atoms with Crippen LogP contribution in [0.25, 0.3) is 11.1 Å². The van der Waals surface area contributed by atoms with E-state index in [1.807, 2.05) is 0 Å². The maximum atomic E-state index is 14.9. The van der Waals surface area contributed by atoms with Gasteiger partial charge in [-0.05, 0) is 42.5 Å². The molecule has 0 spiro atoms. The number of ketones is 1. The number of fused-ring (bicyclic) bond motifs is 1. The Hall–Kier alpha value is -4.14. The number of carbonyl (C=O) groups excluding carboxylic acids is 2. The van der Waals surface area contributed by atoms with Crippen molar-refractivity contribution in [2.24, 2.45) is 0 Å². The predicted molar refractivity (Wildman–Crippen MR) is 103 cm³/mol. The highest BCUT2D eigenvalue weighted by atomic mass is 19.1. The highest BCUT2D eigenvalue weighted by Gasteiger charge is 2.21. The van der Waals surface area contributed by atoms with E-state index in [-0.39, 0.29) is 11.3 Å². The van der Waals surface area contributed by atoms with E-state index in [2.05, 4.69) is 15.6 Å². The lowest BCUT2D eigenvalue weighted by atomic mass is 10.0. The molecule has 30 heavy (non-hydrogen) atoms. The van der Waals surface area contributed by atoms with Crippen molar-refractivity contribution in [2.45, 2.75) is 0 Å². The Balaban J connectivity index is 1.61. The smallest absolute Gasteiger partial charge is 0.323 e. The van der Waals surface area contributed by atoms with E-state index in [0.29, 0.717) is 11.1 Å². The van der Waals surface area contributed by atoms with Crippen LogP contribution >= 0.6 is 0 Å². The van der Waals surface area contributed by atoms with Gasteiger partial charge in [0.25, 0.3) is 0 Å². The van der Waals surface area contributed by atoms with Crippen molar-refractivity contribution in [1.82, 2.24) is 4.98 Å². The summed E-state index contributed by atoms with van der Waals surface area (Å²) in [6, 6.07) is 9.82. The Kier molecular flexibility index (Phi) is 4.93. The molecule has 1 heterocycles. The number of aromatic nitrogens is 1. The number of amides is 2. The van der Waals surface area contributed by atoms with Gasteiger partial charge in [0.2, 0.25) is 0 Å². The minimum atomic E-state index is -1.12. The molecule has 0 aliphatic rings. The van der Waals surface area contributed by atoms with Gasteiger partial charge >= 0.3 is 6.03 Å². The molecule has 0 bridgehead atoms. The number of hydrogen-bond acceptors (Lipinski definition) is 4. The van der Waals surface area contributed by atoms with Gasteiger partial charge in [-0.3, -0.25) is 4.79 Å². The molecule has 3 aromatic carbocycles. The SMILES string of the molecule is O=C(Nc1cccc(F)c1)Nc1cc(F)cc(C(=O)c2ccc3ncoc3c2)c1F. The average molecular weight is 411 g/mol. The number of benzene rings is 3. The van der Waals surface area contributed by atoms with Crippen LogP contribution < -0.4 is 10.6 Å². The van der Waals surface area contributed by atoms with Gasteiger partial charge in [0.1, 0.15) is 17.2 Å². The Labute approximate surface area is 167 Å². The molecule has 0 saturated carbocycles. The molecule has 6 nitrogen and oxygen atoms in total. The van der Waals surface area contributed by atoms with E-state index in [0.717, 1.165) is 18.2 Å². The molecule has 2 amide bonds. The second kappa shape index (κ2) is 7.70. The van der Waals surface area contributed by atoms with Crippen LogP contribution in [-0.2, 0) is 0 Å². The van der Waals surface area contributed by atoms with Crippen molar-refractivity contribution in [3.63, 3.8) is 0 Å². The van der Waals surface area contributed by atoms with Crippen LogP contribution in [-0.4, -0.2) is 16.8 Å². The summed E-state index contributed by atoms with van der Waals surface area (Å²) < 4.78 is 47.3. The number of anilines is 2. The summed E-state index contributed by atoms with van der Waals surface area (Å²) in [6.45, 7) is 0.